The molecule has 0 radical (unpaired) electrons. The summed E-state index contributed by atoms with van der Waals surface area (Å²) < 4.78 is 11.0. The molecule has 0 aliphatic carbocycles. The van der Waals surface area contributed by atoms with Crippen LogP contribution in [0.3, 0.4) is 0 Å². The van der Waals surface area contributed by atoms with Crippen LogP contribution in [-0.2, 0) is 4.74 Å². The van der Waals surface area contributed by atoms with Gasteiger partial charge in [-0.25, -0.2) is 4.79 Å². The molecule has 4 nitrogen and oxygen atoms in total. The zero-order valence-electron chi connectivity index (χ0n) is 16.2. The van der Waals surface area contributed by atoms with Crippen molar-refractivity contribution in [2.75, 3.05) is 13.7 Å². The number of ether oxygens (including phenoxy) is 2. The highest BCUT2D eigenvalue weighted by molar-refractivity contribution is 5.87. The van der Waals surface area contributed by atoms with Gasteiger partial charge in [0.15, 0.2) is 0 Å². The van der Waals surface area contributed by atoms with Gasteiger partial charge in [-0.2, -0.15) is 0 Å². The van der Waals surface area contributed by atoms with Crippen LogP contribution in [0.1, 0.15) is 43.0 Å². The monoisotopic (exact) mass is 370 g/mol. The Labute approximate surface area is 162 Å². The molecule has 0 fully saturated rings. The van der Waals surface area contributed by atoms with Crippen LogP contribution in [-0.4, -0.2) is 30.9 Å². The number of aromatic carboxylic acids is 1. The maximum Gasteiger partial charge on any atom is 0.335 e. The van der Waals surface area contributed by atoms with Gasteiger partial charge in [0.25, 0.3) is 0 Å². The fourth-order valence-corrected chi connectivity index (χ4v) is 2.25. The third kappa shape index (κ3) is 10.9. The third-order valence-corrected chi connectivity index (χ3v) is 3.77. The molecule has 0 aliphatic heterocycles. The summed E-state index contributed by atoms with van der Waals surface area (Å²) in [6, 6.07) is 6.38. The first-order valence-electron chi connectivity index (χ1n) is 9.31. The average Bonchev–Trinajstić information content (AvgIpc) is 2.68. The maximum absolute atomic E-state index is 10.8. The van der Waals surface area contributed by atoms with Gasteiger partial charge < -0.3 is 14.6 Å². The summed E-state index contributed by atoms with van der Waals surface area (Å²) >= 11 is 0. The minimum Gasteiger partial charge on any atom is -0.493 e. The molecule has 0 unspecified atom stereocenters. The average molecular weight is 370 g/mol. The molecule has 1 atom stereocenters. The predicted octanol–water partition coefficient (Wildman–Crippen LogP) is 5.58. The van der Waals surface area contributed by atoms with Crippen LogP contribution in [0.2, 0.25) is 0 Å². The second kappa shape index (κ2) is 14.6. The molecular formula is C23H30O4. The van der Waals surface area contributed by atoms with E-state index >= 15 is 0 Å². The van der Waals surface area contributed by atoms with E-state index in [4.69, 9.17) is 14.6 Å². The number of carboxylic acid groups (broad SMARTS) is 1. The molecule has 1 aromatic rings. The minimum atomic E-state index is -0.942. The Kier molecular flexibility index (Phi) is 12.1. The first kappa shape index (κ1) is 22.5. The highest BCUT2D eigenvalue weighted by Gasteiger charge is 2.04. The molecule has 0 saturated carbocycles. The maximum atomic E-state index is 10.8. The number of benzene rings is 1. The van der Waals surface area contributed by atoms with E-state index in [0.717, 1.165) is 19.3 Å². The van der Waals surface area contributed by atoms with Crippen LogP contribution in [0, 0.1) is 0 Å². The molecule has 4 heteroatoms. The topological polar surface area (TPSA) is 55.8 Å². The molecule has 0 amide bonds. The summed E-state index contributed by atoms with van der Waals surface area (Å²) in [6.45, 7) is 2.63. The van der Waals surface area contributed by atoms with Crippen LogP contribution in [0.5, 0.6) is 5.75 Å². The fourth-order valence-electron chi connectivity index (χ4n) is 2.25. The van der Waals surface area contributed by atoms with E-state index in [1.165, 1.54) is 12.1 Å². The van der Waals surface area contributed by atoms with Gasteiger partial charge >= 0.3 is 5.97 Å². The van der Waals surface area contributed by atoms with Gasteiger partial charge in [0.2, 0.25) is 0 Å². The number of rotatable bonds is 13. The smallest absolute Gasteiger partial charge is 0.335 e. The summed E-state index contributed by atoms with van der Waals surface area (Å²) in [5.41, 5.74) is 0.248. The molecule has 1 aromatic carbocycles. The molecule has 0 aromatic heterocycles. The molecule has 0 saturated heterocycles. The van der Waals surface area contributed by atoms with Crippen molar-refractivity contribution >= 4 is 5.97 Å². The zero-order valence-corrected chi connectivity index (χ0v) is 16.2. The van der Waals surface area contributed by atoms with E-state index in [1.54, 1.807) is 19.2 Å². The van der Waals surface area contributed by atoms with Crippen LogP contribution >= 0.6 is 0 Å². The van der Waals surface area contributed by atoms with Gasteiger partial charge in [-0.3, -0.25) is 0 Å². The molecule has 1 rings (SSSR count). The first-order chi connectivity index (χ1) is 13.2. The van der Waals surface area contributed by atoms with Crippen molar-refractivity contribution in [2.24, 2.45) is 0 Å². The van der Waals surface area contributed by atoms with E-state index in [0.29, 0.717) is 18.8 Å². The van der Waals surface area contributed by atoms with Crippen molar-refractivity contribution in [3.05, 3.63) is 78.4 Å². The van der Waals surface area contributed by atoms with Gasteiger partial charge in [-0.15, -0.1) is 0 Å². The van der Waals surface area contributed by atoms with Crippen molar-refractivity contribution in [3.63, 3.8) is 0 Å². The summed E-state index contributed by atoms with van der Waals surface area (Å²) in [5, 5.41) is 8.87. The summed E-state index contributed by atoms with van der Waals surface area (Å²) in [6.07, 6.45) is 20.5. The van der Waals surface area contributed by atoms with Gasteiger partial charge in [0.1, 0.15) is 5.75 Å². The minimum absolute atomic E-state index is 0.0314. The third-order valence-electron chi connectivity index (χ3n) is 3.77. The number of methoxy groups -OCH3 is 1. The molecular weight excluding hydrogens is 340 g/mol. The normalized spacial score (nSPS) is 13.3. The van der Waals surface area contributed by atoms with Gasteiger partial charge in [0, 0.05) is 13.5 Å². The lowest BCUT2D eigenvalue weighted by molar-refractivity contribution is 0.0697. The fraction of sp³-hybridized carbons (Fsp3) is 0.348. The summed E-state index contributed by atoms with van der Waals surface area (Å²) in [7, 11) is 1.67. The second-order valence-electron chi connectivity index (χ2n) is 5.90. The zero-order chi connectivity index (χ0) is 19.7. The summed E-state index contributed by atoms with van der Waals surface area (Å²) in [5.74, 6) is -0.292. The molecule has 146 valence electrons. The number of carbonyl (C=O) groups is 1. The van der Waals surface area contributed by atoms with E-state index in [1.807, 2.05) is 24.3 Å². The van der Waals surface area contributed by atoms with Crippen LogP contribution < -0.4 is 4.74 Å². The Morgan fingerprint density at radius 1 is 1.04 bits per heavy atom. The van der Waals surface area contributed by atoms with Crippen LogP contribution in [0.15, 0.2) is 72.9 Å². The van der Waals surface area contributed by atoms with Gasteiger partial charge in [-0.1, -0.05) is 55.5 Å². The lowest BCUT2D eigenvalue weighted by atomic mass is 10.2. The number of hydrogen-bond donors (Lipinski definition) is 1. The van der Waals surface area contributed by atoms with Gasteiger partial charge in [-0.05, 0) is 43.5 Å². The molecule has 0 aliphatic rings. The number of unbranched alkanes of at least 4 members (excludes halogenated alkanes) is 1. The van der Waals surface area contributed by atoms with Crippen LogP contribution in [0.4, 0.5) is 0 Å². The van der Waals surface area contributed by atoms with Crippen molar-refractivity contribution in [2.45, 2.75) is 38.7 Å². The van der Waals surface area contributed by atoms with E-state index in [-0.39, 0.29) is 11.7 Å². The highest BCUT2D eigenvalue weighted by atomic mass is 16.5. The lowest BCUT2D eigenvalue weighted by Crippen LogP contribution is -2.12. The van der Waals surface area contributed by atoms with Crippen molar-refractivity contribution in [1.29, 1.82) is 0 Å². The van der Waals surface area contributed by atoms with Crippen LogP contribution in [0.25, 0.3) is 0 Å². The first-order valence-corrected chi connectivity index (χ1v) is 9.31. The predicted molar refractivity (Wildman–Crippen MR) is 110 cm³/mol. The standard InChI is InChI=1S/C23H30O4/c1-3-4-5-6-7-8-9-10-11-12-13-21(26-2)18-19-27-22-16-14-20(15-17-22)23(24)25/h4-5,8-17,21H,3,6-7,18-19H2,1-2H3,(H,24,25)/b5-4-,9-8+,11-10-,13-12+/t21-/m1/s1. The van der Waals surface area contributed by atoms with Gasteiger partial charge in [0.05, 0.1) is 18.3 Å². The Balaban J connectivity index is 2.27. The second-order valence-corrected chi connectivity index (χ2v) is 5.90. The quantitative estimate of drug-likeness (QED) is 0.280. The number of hydrogen-bond acceptors (Lipinski definition) is 3. The van der Waals surface area contributed by atoms with Crippen molar-refractivity contribution < 1.29 is 19.4 Å². The molecule has 1 N–H and O–H groups in total. The Morgan fingerprint density at radius 2 is 1.74 bits per heavy atom. The number of carboxylic acids is 1. The molecule has 0 bridgehead atoms. The van der Waals surface area contributed by atoms with E-state index in [2.05, 4.69) is 31.2 Å². The molecule has 0 heterocycles. The Hall–Kier alpha value is -2.59. The lowest BCUT2D eigenvalue weighted by Gasteiger charge is -2.11. The Morgan fingerprint density at radius 3 is 2.41 bits per heavy atom. The van der Waals surface area contributed by atoms with Crippen molar-refractivity contribution in [3.8, 4) is 5.75 Å². The Bertz CT molecular complexity index is 639. The molecule has 27 heavy (non-hydrogen) atoms. The van der Waals surface area contributed by atoms with E-state index in [9.17, 15) is 4.79 Å². The van der Waals surface area contributed by atoms with Crippen molar-refractivity contribution in [1.82, 2.24) is 0 Å². The largest absolute Gasteiger partial charge is 0.493 e. The summed E-state index contributed by atoms with van der Waals surface area (Å²) in [4.78, 5) is 10.8. The van der Waals surface area contributed by atoms with E-state index < -0.39 is 5.97 Å². The highest BCUT2D eigenvalue weighted by Crippen LogP contribution is 2.13. The molecule has 0 spiro atoms. The SMILES string of the molecule is CC/C=C\CC/C=C/C=C\C=C\[C@H](CCOc1ccc(C(=O)O)cc1)OC. The number of allylic oxidation sites excluding steroid dienone is 7.